The molecule has 158 valence electrons. The van der Waals surface area contributed by atoms with Gasteiger partial charge < -0.3 is 4.57 Å². The summed E-state index contributed by atoms with van der Waals surface area (Å²) in [6.45, 7) is 0. The largest absolute Gasteiger partial charge is 0.309 e. The number of hydrogen-bond donors (Lipinski definition) is 0. The maximum atomic E-state index is 10.1. The van der Waals surface area contributed by atoms with E-state index in [4.69, 9.17) is 0 Å². The summed E-state index contributed by atoms with van der Waals surface area (Å²) in [6.07, 6.45) is 0. The Bertz CT molecular complexity index is 1880. The van der Waals surface area contributed by atoms with Crippen LogP contribution in [0.3, 0.4) is 0 Å². The van der Waals surface area contributed by atoms with Crippen molar-refractivity contribution in [1.29, 1.82) is 5.26 Å². The minimum atomic E-state index is 0.680. The van der Waals surface area contributed by atoms with Crippen molar-refractivity contribution >= 4 is 53.3 Å². The number of hydrogen-bond acceptors (Lipinski definition) is 2. The summed E-state index contributed by atoms with van der Waals surface area (Å²) in [5.74, 6) is 0. The van der Waals surface area contributed by atoms with E-state index >= 15 is 0 Å². The quantitative estimate of drug-likeness (QED) is 0.259. The monoisotopic (exact) mass is 450 g/mol. The van der Waals surface area contributed by atoms with Gasteiger partial charge in [0.25, 0.3) is 0 Å². The highest BCUT2D eigenvalue weighted by molar-refractivity contribution is 7.25. The lowest BCUT2D eigenvalue weighted by Gasteiger charge is -2.15. The van der Waals surface area contributed by atoms with Crippen LogP contribution >= 0.6 is 11.3 Å². The molecule has 0 N–H and O–H groups in total. The maximum Gasteiger partial charge on any atom is 0.0998 e. The lowest BCUT2D eigenvalue weighted by Crippen LogP contribution is -1.99. The number of thiophene rings is 1. The van der Waals surface area contributed by atoms with Crippen LogP contribution in [0.1, 0.15) is 5.56 Å². The van der Waals surface area contributed by atoms with Crippen LogP contribution in [0.25, 0.3) is 58.8 Å². The molecule has 2 heterocycles. The average molecular weight is 451 g/mol. The third-order valence-corrected chi connectivity index (χ3v) is 7.78. The Morgan fingerprint density at radius 3 is 1.97 bits per heavy atom. The second kappa shape index (κ2) is 7.31. The zero-order valence-electron chi connectivity index (χ0n) is 18.2. The van der Waals surface area contributed by atoms with E-state index in [2.05, 4.69) is 108 Å². The minimum absolute atomic E-state index is 0.680. The first-order valence-corrected chi connectivity index (χ1v) is 12.1. The van der Waals surface area contributed by atoms with Crippen LogP contribution in [-0.2, 0) is 0 Å². The summed E-state index contributed by atoms with van der Waals surface area (Å²) in [6, 6.07) is 40.6. The molecule has 0 fully saturated rings. The van der Waals surface area contributed by atoms with Crippen LogP contribution in [0.15, 0.2) is 109 Å². The second-order valence-electron chi connectivity index (χ2n) is 8.49. The number of fused-ring (bicyclic) bond motifs is 6. The van der Waals surface area contributed by atoms with E-state index in [1.165, 1.54) is 30.9 Å². The molecule has 0 aliphatic carbocycles. The van der Waals surface area contributed by atoms with Crippen LogP contribution in [0, 0.1) is 11.3 Å². The summed E-state index contributed by atoms with van der Waals surface area (Å²) in [5.41, 5.74) is 6.02. The molecule has 7 rings (SSSR count). The first-order chi connectivity index (χ1) is 16.8. The third-order valence-electron chi connectivity index (χ3n) is 6.65. The molecule has 0 radical (unpaired) electrons. The van der Waals surface area contributed by atoms with E-state index in [1.54, 1.807) is 11.3 Å². The molecule has 5 aromatic carbocycles. The Hall–Kier alpha value is -4.39. The molecule has 0 saturated carbocycles. The van der Waals surface area contributed by atoms with Gasteiger partial charge in [-0.05, 0) is 42.0 Å². The number of nitriles is 1. The fraction of sp³-hybridized carbons (Fsp3) is 0. The van der Waals surface area contributed by atoms with Crippen LogP contribution in [0.5, 0.6) is 0 Å². The van der Waals surface area contributed by atoms with E-state index in [-0.39, 0.29) is 0 Å². The number of aromatic nitrogens is 1. The van der Waals surface area contributed by atoms with Crippen LogP contribution in [0.2, 0.25) is 0 Å². The van der Waals surface area contributed by atoms with Crippen molar-refractivity contribution in [2.45, 2.75) is 0 Å². The van der Waals surface area contributed by atoms with Crippen molar-refractivity contribution in [3.05, 3.63) is 115 Å². The topological polar surface area (TPSA) is 28.7 Å². The molecular weight excluding hydrogens is 432 g/mol. The van der Waals surface area contributed by atoms with Crippen molar-refractivity contribution in [3.8, 4) is 22.9 Å². The van der Waals surface area contributed by atoms with Gasteiger partial charge in [-0.1, -0.05) is 72.8 Å². The molecular formula is C31H18N2S. The summed E-state index contributed by atoms with van der Waals surface area (Å²) in [5, 5.41) is 15.1. The SMILES string of the molecule is N#Cc1cccc(-n2c3ccccc3c3ccccc32)c1-c1ccc2c(c1)sc1ccccc12. The third kappa shape index (κ3) is 2.67. The predicted octanol–water partition coefficient (Wildman–Crippen LogP) is 8.69. The average Bonchev–Trinajstić information content (AvgIpc) is 3.43. The van der Waals surface area contributed by atoms with E-state index < -0.39 is 0 Å². The van der Waals surface area contributed by atoms with Crippen molar-refractivity contribution < 1.29 is 0 Å². The van der Waals surface area contributed by atoms with Crippen molar-refractivity contribution in [3.63, 3.8) is 0 Å². The van der Waals surface area contributed by atoms with Gasteiger partial charge in [-0.15, -0.1) is 11.3 Å². The molecule has 0 aliphatic rings. The van der Waals surface area contributed by atoms with Gasteiger partial charge in [0.05, 0.1) is 28.4 Å². The van der Waals surface area contributed by atoms with Crippen LogP contribution in [-0.4, -0.2) is 4.57 Å². The Morgan fingerprint density at radius 2 is 1.24 bits per heavy atom. The lowest BCUT2D eigenvalue weighted by molar-refractivity contribution is 1.18. The molecule has 7 aromatic rings. The summed E-state index contributed by atoms with van der Waals surface area (Å²) in [7, 11) is 0. The van der Waals surface area contributed by atoms with Crippen molar-refractivity contribution in [2.75, 3.05) is 0 Å². The Kier molecular flexibility index (Phi) is 4.11. The molecule has 0 atom stereocenters. The number of rotatable bonds is 2. The molecule has 3 heteroatoms. The first kappa shape index (κ1) is 19.1. The molecule has 34 heavy (non-hydrogen) atoms. The molecule has 0 spiro atoms. The smallest absolute Gasteiger partial charge is 0.0998 e. The Morgan fingerprint density at radius 1 is 0.588 bits per heavy atom. The maximum absolute atomic E-state index is 10.1. The molecule has 2 nitrogen and oxygen atoms in total. The van der Waals surface area contributed by atoms with E-state index in [1.807, 2.05) is 12.1 Å². The summed E-state index contributed by atoms with van der Waals surface area (Å²) >= 11 is 1.80. The van der Waals surface area contributed by atoms with Gasteiger partial charge in [-0.25, -0.2) is 0 Å². The normalized spacial score (nSPS) is 11.5. The zero-order chi connectivity index (χ0) is 22.6. The second-order valence-corrected chi connectivity index (χ2v) is 9.57. The van der Waals surface area contributed by atoms with E-state index in [9.17, 15) is 5.26 Å². The highest BCUT2D eigenvalue weighted by Crippen LogP contribution is 2.40. The fourth-order valence-electron chi connectivity index (χ4n) is 5.19. The number of benzene rings is 5. The molecule has 0 aliphatic heterocycles. The predicted molar refractivity (Wildman–Crippen MR) is 144 cm³/mol. The van der Waals surface area contributed by atoms with Crippen LogP contribution < -0.4 is 0 Å². The standard InChI is InChI=1S/C31H18N2S/c32-19-21-8-7-14-28(33-26-12-4-1-9-22(26)23-10-2-5-13-27(23)33)31(21)20-16-17-25-24-11-3-6-15-29(24)34-30(25)18-20/h1-18H. The lowest BCUT2D eigenvalue weighted by atomic mass is 9.97. The minimum Gasteiger partial charge on any atom is -0.309 e. The van der Waals surface area contributed by atoms with Gasteiger partial charge in [0.2, 0.25) is 0 Å². The van der Waals surface area contributed by atoms with Gasteiger partial charge in [0.1, 0.15) is 0 Å². The van der Waals surface area contributed by atoms with Gasteiger partial charge >= 0.3 is 0 Å². The van der Waals surface area contributed by atoms with Gasteiger partial charge in [0.15, 0.2) is 0 Å². The van der Waals surface area contributed by atoms with E-state index in [0.717, 1.165) is 27.8 Å². The van der Waals surface area contributed by atoms with Crippen molar-refractivity contribution in [1.82, 2.24) is 4.57 Å². The van der Waals surface area contributed by atoms with Gasteiger partial charge in [-0.2, -0.15) is 5.26 Å². The Labute approximate surface area is 200 Å². The summed E-state index contributed by atoms with van der Waals surface area (Å²) in [4.78, 5) is 0. The van der Waals surface area contributed by atoms with Gasteiger partial charge in [0, 0.05) is 36.5 Å². The van der Waals surface area contributed by atoms with Gasteiger partial charge in [-0.3, -0.25) is 0 Å². The molecule has 0 bridgehead atoms. The molecule has 0 unspecified atom stereocenters. The molecule has 2 aromatic heterocycles. The number of para-hydroxylation sites is 2. The molecule has 0 saturated heterocycles. The highest BCUT2D eigenvalue weighted by atomic mass is 32.1. The van der Waals surface area contributed by atoms with Crippen LogP contribution in [0.4, 0.5) is 0 Å². The molecule has 0 amide bonds. The van der Waals surface area contributed by atoms with Crippen molar-refractivity contribution in [2.24, 2.45) is 0 Å². The zero-order valence-corrected chi connectivity index (χ0v) is 19.0. The number of nitrogens with zero attached hydrogens (tertiary/aromatic N) is 2. The summed E-state index contributed by atoms with van der Waals surface area (Å²) < 4.78 is 4.82. The fourth-order valence-corrected chi connectivity index (χ4v) is 6.33. The first-order valence-electron chi connectivity index (χ1n) is 11.3. The van der Waals surface area contributed by atoms with E-state index in [0.29, 0.717) is 5.56 Å². The Balaban J connectivity index is 1.58. The highest BCUT2D eigenvalue weighted by Gasteiger charge is 2.18.